The van der Waals surface area contributed by atoms with E-state index in [0.717, 1.165) is 29.3 Å². The van der Waals surface area contributed by atoms with E-state index in [9.17, 15) is 9.18 Å². The van der Waals surface area contributed by atoms with Gasteiger partial charge in [-0.1, -0.05) is 19.9 Å². The second kappa shape index (κ2) is 7.78. The first-order valence-corrected chi connectivity index (χ1v) is 9.19. The number of fused-ring (bicyclic) bond motifs is 1. The van der Waals surface area contributed by atoms with Crippen molar-refractivity contribution in [1.29, 1.82) is 0 Å². The molecule has 0 bridgehead atoms. The highest BCUT2D eigenvalue weighted by molar-refractivity contribution is 6.07. The molecule has 1 fully saturated rings. The molecule has 0 aliphatic heterocycles. The van der Waals surface area contributed by atoms with Gasteiger partial charge in [0.25, 0.3) is 0 Å². The monoisotopic (exact) mass is 369 g/mol. The number of methoxy groups -OCH3 is 1. The molecule has 5 nitrogen and oxygen atoms in total. The summed E-state index contributed by atoms with van der Waals surface area (Å²) in [4.78, 5) is 16.7. The van der Waals surface area contributed by atoms with Crippen molar-refractivity contribution in [2.75, 3.05) is 12.4 Å². The summed E-state index contributed by atoms with van der Waals surface area (Å²) >= 11 is 0. The van der Waals surface area contributed by atoms with Gasteiger partial charge in [0, 0.05) is 23.8 Å². The number of anilines is 2. The third kappa shape index (κ3) is 3.52. The quantitative estimate of drug-likeness (QED) is 0.628. The Morgan fingerprint density at radius 1 is 1.30 bits per heavy atom. The van der Waals surface area contributed by atoms with E-state index in [1.165, 1.54) is 13.2 Å². The number of pyridine rings is 1. The van der Waals surface area contributed by atoms with Crippen molar-refractivity contribution in [3.8, 4) is 0 Å². The lowest BCUT2D eigenvalue weighted by Crippen LogP contribution is -2.12. The Balaban J connectivity index is 0.00000102. The molecule has 0 saturated heterocycles. The van der Waals surface area contributed by atoms with Crippen LogP contribution in [0.1, 0.15) is 48.8 Å². The number of carbonyl (C=O) groups is 1. The zero-order valence-electron chi connectivity index (χ0n) is 16.0. The maximum atomic E-state index is 14.3. The molecule has 2 heterocycles. The molecule has 0 unspecified atom stereocenters. The minimum atomic E-state index is -0.446. The van der Waals surface area contributed by atoms with E-state index >= 15 is 0 Å². The molecule has 1 saturated carbocycles. The first-order chi connectivity index (χ1) is 13.1. The number of carbonyl (C=O) groups excluding carboxylic acids is 1. The second-order valence-electron chi connectivity index (χ2n) is 6.32. The molecular formula is C21H24FN3O2. The average Bonchev–Trinajstić information content (AvgIpc) is 3.47. The summed E-state index contributed by atoms with van der Waals surface area (Å²) in [5, 5.41) is 3.87. The van der Waals surface area contributed by atoms with Crippen LogP contribution >= 0.6 is 0 Å². The van der Waals surface area contributed by atoms with Crippen molar-refractivity contribution in [1.82, 2.24) is 9.55 Å². The molecule has 3 aromatic rings. The zero-order valence-corrected chi connectivity index (χ0v) is 16.0. The van der Waals surface area contributed by atoms with Gasteiger partial charge in [-0.2, -0.15) is 0 Å². The Hall–Kier alpha value is -2.89. The van der Waals surface area contributed by atoms with Crippen LogP contribution in [0.15, 0.2) is 36.7 Å². The Kier molecular flexibility index (Phi) is 5.44. The maximum absolute atomic E-state index is 14.3. The van der Waals surface area contributed by atoms with Crippen LogP contribution in [-0.2, 0) is 4.74 Å². The molecule has 1 N–H and O–H groups in total. The molecule has 0 amide bonds. The number of benzene rings is 1. The third-order valence-electron chi connectivity index (χ3n) is 4.48. The van der Waals surface area contributed by atoms with Crippen LogP contribution in [0.2, 0.25) is 0 Å². The topological polar surface area (TPSA) is 56.1 Å². The van der Waals surface area contributed by atoms with E-state index in [4.69, 9.17) is 4.74 Å². The predicted octanol–water partition coefficient (Wildman–Crippen LogP) is 5.38. The van der Waals surface area contributed by atoms with E-state index in [2.05, 4.69) is 10.3 Å². The number of aromatic nitrogens is 2. The highest BCUT2D eigenvalue weighted by Gasteiger charge is 2.33. The van der Waals surface area contributed by atoms with Crippen molar-refractivity contribution in [3.05, 3.63) is 53.7 Å². The van der Waals surface area contributed by atoms with Crippen LogP contribution in [0.3, 0.4) is 0 Å². The first-order valence-electron chi connectivity index (χ1n) is 9.19. The van der Waals surface area contributed by atoms with E-state index in [-0.39, 0.29) is 11.9 Å². The fraction of sp³-hybridized carbons (Fsp3) is 0.333. The van der Waals surface area contributed by atoms with Crippen molar-refractivity contribution in [2.45, 2.75) is 39.7 Å². The number of halogens is 1. The summed E-state index contributed by atoms with van der Waals surface area (Å²) in [5.41, 5.74) is 2.98. The van der Waals surface area contributed by atoms with Gasteiger partial charge >= 0.3 is 5.97 Å². The van der Waals surface area contributed by atoms with Gasteiger partial charge in [-0.15, -0.1) is 0 Å². The van der Waals surface area contributed by atoms with Gasteiger partial charge in [-0.05, 0) is 43.5 Å². The molecule has 142 valence electrons. The molecular weight excluding hydrogens is 345 g/mol. The van der Waals surface area contributed by atoms with E-state index in [1.807, 2.05) is 37.5 Å². The molecule has 1 aliphatic carbocycles. The normalized spacial score (nSPS) is 13.1. The molecule has 0 radical (unpaired) electrons. The average molecular weight is 369 g/mol. The second-order valence-corrected chi connectivity index (χ2v) is 6.32. The highest BCUT2D eigenvalue weighted by atomic mass is 19.1. The van der Waals surface area contributed by atoms with Gasteiger partial charge in [0.15, 0.2) is 5.69 Å². The van der Waals surface area contributed by atoms with Gasteiger partial charge < -0.3 is 14.6 Å². The highest BCUT2D eigenvalue weighted by Crippen LogP contribution is 2.44. The number of nitrogens with zero attached hydrogens (tertiary/aromatic N) is 2. The summed E-state index contributed by atoms with van der Waals surface area (Å²) in [6, 6.07) is 7.08. The Labute approximate surface area is 158 Å². The van der Waals surface area contributed by atoms with Crippen LogP contribution in [0.5, 0.6) is 0 Å². The first kappa shape index (κ1) is 18.9. The molecule has 2 aromatic heterocycles. The SMILES string of the molecule is CC.COC(=O)c1c(Nc2ccc(C)cc2F)c2cnccc2n1C1CC1. The maximum Gasteiger partial charge on any atom is 0.356 e. The molecule has 27 heavy (non-hydrogen) atoms. The number of aryl methyl sites for hydroxylation is 1. The van der Waals surface area contributed by atoms with Crippen LogP contribution < -0.4 is 5.32 Å². The molecule has 0 spiro atoms. The van der Waals surface area contributed by atoms with Gasteiger partial charge in [0.2, 0.25) is 0 Å². The summed E-state index contributed by atoms with van der Waals surface area (Å²) in [5.74, 6) is -0.815. The minimum Gasteiger partial charge on any atom is -0.464 e. The molecule has 0 atom stereocenters. The molecule has 6 heteroatoms. The van der Waals surface area contributed by atoms with Crippen LogP contribution in [0.25, 0.3) is 10.9 Å². The van der Waals surface area contributed by atoms with Crippen LogP contribution in [0, 0.1) is 12.7 Å². The van der Waals surface area contributed by atoms with E-state index < -0.39 is 5.97 Å². The Morgan fingerprint density at radius 3 is 2.67 bits per heavy atom. The zero-order chi connectivity index (χ0) is 19.6. The minimum absolute atomic E-state index is 0.261. The van der Waals surface area contributed by atoms with Gasteiger partial charge in [0.1, 0.15) is 5.82 Å². The van der Waals surface area contributed by atoms with Crippen LogP contribution in [0.4, 0.5) is 15.8 Å². The smallest absolute Gasteiger partial charge is 0.356 e. The lowest BCUT2D eigenvalue weighted by atomic mass is 10.2. The predicted molar refractivity (Wildman–Crippen MR) is 105 cm³/mol. The van der Waals surface area contributed by atoms with Crippen LogP contribution in [-0.4, -0.2) is 22.6 Å². The van der Waals surface area contributed by atoms with Crippen molar-refractivity contribution >= 4 is 28.2 Å². The van der Waals surface area contributed by atoms with Crippen molar-refractivity contribution < 1.29 is 13.9 Å². The van der Waals surface area contributed by atoms with E-state index in [1.54, 1.807) is 18.5 Å². The number of hydrogen-bond donors (Lipinski definition) is 1. The Bertz CT molecular complexity index is 977. The number of esters is 1. The van der Waals surface area contributed by atoms with Gasteiger partial charge in [-0.25, -0.2) is 9.18 Å². The fourth-order valence-electron chi connectivity index (χ4n) is 3.15. The number of hydrogen-bond acceptors (Lipinski definition) is 4. The standard InChI is InChI=1S/C19H18FN3O2.C2H6/c1-11-3-6-15(14(20)9-11)22-17-13-10-21-8-7-16(13)23(12-4-5-12)18(17)19(24)25-2;1-2/h3,6-10,12,22H,4-5H2,1-2H3;1-2H3. The summed E-state index contributed by atoms with van der Waals surface area (Å²) in [7, 11) is 1.35. The van der Waals surface area contributed by atoms with Gasteiger partial charge in [0.05, 0.1) is 24.0 Å². The molecule has 1 aromatic carbocycles. The van der Waals surface area contributed by atoms with Crippen molar-refractivity contribution in [2.24, 2.45) is 0 Å². The summed E-state index contributed by atoms with van der Waals surface area (Å²) < 4.78 is 21.3. The largest absolute Gasteiger partial charge is 0.464 e. The Morgan fingerprint density at radius 2 is 2.04 bits per heavy atom. The number of ether oxygens (including phenoxy) is 1. The van der Waals surface area contributed by atoms with Gasteiger partial charge in [-0.3, -0.25) is 4.98 Å². The molecule has 4 rings (SSSR count). The fourth-order valence-corrected chi connectivity index (χ4v) is 3.15. The lowest BCUT2D eigenvalue weighted by Gasteiger charge is -2.11. The van der Waals surface area contributed by atoms with E-state index in [0.29, 0.717) is 17.1 Å². The summed E-state index contributed by atoms with van der Waals surface area (Å²) in [6.07, 6.45) is 5.40. The van der Waals surface area contributed by atoms with Crippen molar-refractivity contribution in [3.63, 3.8) is 0 Å². The third-order valence-corrected chi connectivity index (χ3v) is 4.48. The summed E-state index contributed by atoms with van der Waals surface area (Å²) in [6.45, 7) is 5.83. The lowest BCUT2D eigenvalue weighted by molar-refractivity contribution is 0.0590. The molecule has 1 aliphatic rings. The number of rotatable bonds is 4. The number of nitrogens with one attached hydrogen (secondary N) is 1.